The molecule has 0 fully saturated rings. The first-order chi connectivity index (χ1) is 15.6. The number of aromatic nitrogens is 2. The van der Waals surface area contributed by atoms with Crippen molar-refractivity contribution < 1.29 is 0 Å². The Morgan fingerprint density at radius 2 is 1.82 bits per heavy atom. The molecule has 0 bridgehead atoms. The summed E-state index contributed by atoms with van der Waals surface area (Å²) in [7, 11) is 1.75. The van der Waals surface area contributed by atoms with E-state index < -0.39 is 0 Å². The van der Waals surface area contributed by atoms with Crippen LogP contribution in [0.4, 0.5) is 11.5 Å². The minimum atomic E-state index is 0.188. The normalized spacial score (nSPS) is 13.1. The van der Waals surface area contributed by atoms with Gasteiger partial charge in [0.25, 0.3) is 0 Å². The Labute approximate surface area is 202 Å². The van der Waals surface area contributed by atoms with Crippen LogP contribution in [0.25, 0.3) is 22.3 Å². The van der Waals surface area contributed by atoms with E-state index in [1.54, 1.807) is 13.3 Å². The highest BCUT2D eigenvalue weighted by Crippen LogP contribution is 2.29. The molecule has 0 amide bonds. The number of pyridine rings is 2. The molecule has 0 spiro atoms. The van der Waals surface area contributed by atoms with Gasteiger partial charge in [-0.2, -0.15) is 11.8 Å². The van der Waals surface area contributed by atoms with Crippen molar-refractivity contribution in [2.45, 2.75) is 46.3 Å². The van der Waals surface area contributed by atoms with Crippen molar-refractivity contribution in [2.75, 3.05) is 37.0 Å². The smallest absolute Gasteiger partial charge is 0.129 e. The molecule has 0 saturated heterocycles. The van der Waals surface area contributed by atoms with E-state index in [0.29, 0.717) is 5.25 Å². The molecule has 3 aromatic rings. The highest BCUT2D eigenvalue weighted by atomic mass is 32.2. The molecule has 1 aromatic carbocycles. The zero-order chi connectivity index (χ0) is 24.2. The van der Waals surface area contributed by atoms with Crippen LogP contribution in [0.15, 0.2) is 41.4 Å². The summed E-state index contributed by atoms with van der Waals surface area (Å²) in [5, 5.41) is 0.628. The maximum Gasteiger partial charge on any atom is 0.129 e. The predicted molar refractivity (Wildman–Crippen MR) is 147 cm³/mol. The molecule has 5 nitrogen and oxygen atoms in total. The summed E-state index contributed by atoms with van der Waals surface area (Å²) >= 11 is 1.91. The van der Waals surface area contributed by atoms with E-state index in [2.05, 4.69) is 81.1 Å². The molecule has 0 aliphatic rings. The van der Waals surface area contributed by atoms with Crippen molar-refractivity contribution in [3.8, 4) is 11.3 Å². The molecule has 176 valence electrons. The van der Waals surface area contributed by atoms with Crippen LogP contribution in [0.2, 0.25) is 0 Å². The van der Waals surface area contributed by atoms with Crippen LogP contribution in [0.1, 0.15) is 45.2 Å². The Hall–Kier alpha value is -2.60. The molecule has 1 unspecified atom stereocenters. The molecular formula is C27H37N5S. The van der Waals surface area contributed by atoms with Crippen LogP contribution >= 0.6 is 11.8 Å². The fourth-order valence-electron chi connectivity index (χ4n) is 3.90. The molecular weight excluding hydrogens is 426 g/mol. The Bertz CT molecular complexity index is 1130. The number of fused-ring (bicyclic) bond motifs is 1. The highest BCUT2D eigenvalue weighted by molar-refractivity contribution is 7.99. The van der Waals surface area contributed by atoms with Crippen molar-refractivity contribution in [1.82, 2.24) is 9.97 Å². The second kappa shape index (κ2) is 10.6. The number of rotatable bonds is 8. The van der Waals surface area contributed by atoms with Crippen LogP contribution in [0.3, 0.4) is 0 Å². The maximum atomic E-state index is 6.16. The van der Waals surface area contributed by atoms with E-state index in [1.807, 2.05) is 17.8 Å². The third kappa shape index (κ3) is 6.47. The van der Waals surface area contributed by atoms with Crippen LogP contribution in [-0.4, -0.2) is 47.8 Å². The third-order valence-corrected chi connectivity index (χ3v) is 6.74. The number of hydrogen-bond donors (Lipinski definition) is 1. The Morgan fingerprint density at radius 3 is 2.48 bits per heavy atom. The van der Waals surface area contributed by atoms with Gasteiger partial charge in [0.15, 0.2) is 0 Å². The molecule has 2 N–H and O–H groups in total. The van der Waals surface area contributed by atoms with Crippen molar-refractivity contribution in [3.63, 3.8) is 0 Å². The summed E-state index contributed by atoms with van der Waals surface area (Å²) in [5.41, 5.74) is 12.9. The van der Waals surface area contributed by atoms with E-state index >= 15 is 0 Å². The van der Waals surface area contributed by atoms with Crippen LogP contribution in [-0.2, 0) is 0 Å². The Kier molecular flexibility index (Phi) is 8.01. The molecule has 33 heavy (non-hydrogen) atoms. The first kappa shape index (κ1) is 25.0. The van der Waals surface area contributed by atoms with E-state index in [0.717, 1.165) is 64.4 Å². The third-order valence-electron chi connectivity index (χ3n) is 5.70. The van der Waals surface area contributed by atoms with Gasteiger partial charge in [0.05, 0.1) is 16.7 Å². The van der Waals surface area contributed by atoms with Gasteiger partial charge < -0.3 is 10.6 Å². The number of aliphatic imine (C=N–C) groups is 1. The fourth-order valence-corrected chi connectivity index (χ4v) is 4.24. The minimum absolute atomic E-state index is 0.188. The van der Waals surface area contributed by atoms with Gasteiger partial charge in [-0.25, -0.2) is 9.97 Å². The van der Waals surface area contributed by atoms with E-state index in [4.69, 9.17) is 15.7 Å². The lowest BCUT2D eigenvalue weighted by Gasteiger charge is -2.31. The van der Waals surface area contributed by atoms with Gasteiger partial charge >= 0.3 is 0 Å². The monoisotopic (exact) mass is 463 g/mol. The summed E-state index contributed by atoms with van der Waals surface area (Å²) in [6, 6.07) is 12.4. The molecule has 0 saturated carbocycles. The molecule has 1 atom stereocenters. The number of benzene rings is 1. The molecule has 2 aromatic heterocycles. The number of thioether (sulfide) groups is 1. The number of anilines is 2. The molecule has 2 heterocycles. The molecule has 0 aliphatic heterocycles. The van der Waals surface area contributed by atoms with Gasteiger partial charge in [-0.3, -0.25) is 4.99 Å². The second-order valence-corrected chi connectivity index (χ2v) is 11.2. The van der Waals surface area contributed by atoms with Gasteiger partial charge in [0.1, 0.15) is 5.82 Å². The van der Waals surface area contributed by atoms with Crippen LogP contribution in [0.5, 0.6) is 0 Å². The number of aryl methyl sites for hydroxylation is 1. The Balaban J connectivity index is 1.96. The molecule has 0 radical (unpaired) electrons. The predicted octanol–water partition coefficient (Wildman–Crippen LogP) is 6.23. The van der Waals surface area contributed by atoms with Crippen molar-refractivity contribution in [2.24, 2.45) is 10.4 Å². The van der Waals surface area contributed by atoms with Crippen LogP contribution in [0, 0.1) is 12.3 Å². The largest absolute Gasteiger partial charge is 0.398 e. The maximum absolute atomic E-state index is 6.16. The molecule has 6 heteroatoms. The van der Waals surface area contributed by atoms with Crippen molar-refractivity contribution in [1.29, 1.82) is 0 Å². The SMILES string of the molecule is CN=Cc1cc(-c2ccc3nc(N(CCC(C)SC)CC(C)(C)C)ccc3n2)c(C)cc1N. The summed E-state index contributed by atoms with van der Waals surface area (Å²) in [4.78, 5) is 16.5. The van der Waals surface area contributed by atoms with E-state index in [-0.39, 0.29) is 5.41 Å². The van der Waals surface area contributed by atoms with Crippen molar-refractivity contribution >= 4 is 40.5 Å². The number of hydrogen-bond acceptors (Lipinski definition) is 6. The van der Waals surface area contributed by atoms with Gasteiger partial charge in [-0.15, -0.1) is 0 Å². The number of nitrogens with two attached hydrogens (primary N) is 1. The lowest BCUT2D eigenvalue weighted by Crippen LogP contribution is -2.35. The summed E-state index contributed by atoms with van der Waals surface area (Å²) in [5.74, 6) is 1.02. The van der Waals surface area contributed by atoms with Gasteiger partial charge in [0.2, 0.25) is 0 Å². The zero-order valence-electron chi connectivity index (χ0n) is 21.0. The topological polar surface area (TPSA) is 67.4 Å². The molecule has 0 aliphatic carbocycles. The minimum Gasteiger partial charge on any atom is -0.398 e. The average molecular weight is 464 g/mol. The lowest BCUT2D eigenvalue weighted by molar-refractivity contribution is 0.407. The standard InChI is InChI=1S/C27H37N5S/c1-18-14-22(28)20(16-29-6)15-21(18)23-8-9-25-24(30-23)10-11-26(31-25)32(17-27(3,4)5)13-12-19(2)33-7/h8-11,14-16,19H,12-13,17,28H2,1-7H3. The molecule has 3 rings (SSSR count). The fraction of sp³-hybridized carbons (Fsp3) is 0.444. The first-order valence-electron chi connectivity index (χ1n) is 11.5. The Morgan fingerprint density at radius 1 is 1.12 bits per heavy atom. The van der Waals surface area contributed by atoms with Gasteiger partial charge in [0, 0.05) is 48.4 Å². The number of nitrogens with zero attached hydrogens (tertiary/aromatic N) is 4. The summed E-state index contributed by atoms with van der Waals surface area (Å²) in [6.45, 7) is 13.1. The van der Waals surface area contributed by atoms with Crippen molar-refractivity contribution in [3.05, 3.63) is 47.5 Å². The van der Waals surface area contributed by atoms with Gasteiger partial charge in [-0.1, -0.05) is 27.7 Å². The zero-order valence-corrected chi connectivity index (χ0v) is 21.8. The summed E-state index contributed by atoms with van der Waals surface area (Å²) < 4.78 is 0. The first-order valence-corrected chi connectivity index (χ1v) is 12.8. The van der Waals surface area contributed by atoms with Gasteiger partial charge in [-0.05, 0) is 67.0 Å². The highest BCUT2D eigenvalue weighted by Gasteiger charge is 2.19. The second-order valence-electron chi connectivity index (χ2n) is 9.90. The average Bonchev–Trinajstić information content (AvgIpc) is 2.76. The lowest BCUT2D eigenvalue weighted by atomic mass is 9.96. The van der Waals surface area contributed by atoms with E-state index in [9.17, 15) is 0 Å². The van der Waals surface area contributed by atoms with E-state index in [1.165, 1.54) is 0 Å². The number of nitrogen functional groups attached to an aromatic ring is 1. The van der Waals surface area contributed by atoms with Crippen LogP contribution < -0.4 is 10.6 Å². The quantitative estimate of drug-likeness (QED) is 0.317. The summed E-state index contributed by atoms with van der Waals surface area (Å²) in [6.07, 6.45) is 5.10.